The van der Waals surface area contributed by atoms with Crippen LogP contribution in [-0.4, -0.2) is 24.0 Å². The Morgan fingerprint density at radius 1 is 1.17 bits per heavy atom. The van der Waals surface area contributed by atoms with E-state index in [1.54, 1.807) is 37.3 Å². The van der Waals surface area contributed by atoms with Crippen LogP contribution in [0.5, 0.6) is 0 Å². The average Bonchev–Trinajstić information content (AvgIpc) is 2.68. The maximum atomic E-state index is 13.9. The maximum Gasteiger partial charge on any atom is 0.423 e. The van der Waals surface area contributed by atoms with Crippen LogP contribution in [0.3, 0.4) is 0 Å². The van der Waals surface area contributed by atoms with E-state index in [4.69, 9.17) is 4.74 Å². The van der Waals surface area contributed by atoms with E-state index in [1.807, 2.05) is 26.0 Å². The van der Waals surface area contributed by atoms with Crippen molar-refractivity contribution in [3.8, 4) is 0 Å². The highest BCUT2D eigenvalue weighted by Crippen LogP contribution is 2.34. The van der Waals surface area contributed by atoms with Crippen molar-refractivity contribution in [2.45, 2.75) is 39.8 Å². The predicted octanol–water partition coefficient (Wildman–Crippen LogP) is 6.20. The van der Waals surface area contributed by atoms with Crippen LogP contribution in [0.4, 0.5) is 18.9 Å². The Morgan fingerprint density at radius 2 is 1.83 bits per heavy atom. The fourth-order valence-corrected chi connectivity index (χ4v) is 2.78. The number of halogens is 3. The van der Waals surface area contributed by atoms with Crippen molar-refractivity contribution in [2.75, 3.05) is 12.4 Å². The molecule has 0 saturated carbocycles. The molecular weight excluding hydrogens is 391 g/mol. The Labute approximate surface area is 175 Å². The minimum Gasteiger partial charge on any atom is -0.480 e. The molecule has 0 bridgehead atoms. The number of hydrogen-bond acceptors (Lipinski definition) is 4. The first-order valence-corrected chi connectivity index (χ1v) is 9.55. The number of benzene rings is 1. The molecule has 0 amide bonds. The number of allylic oxidation sites excluding steroid dienone is 1. The lowest BCUT2D eigenvalue weighted by atomic mass is 10.1. The molecule has 0 saturated heterocycles. The van der Waals surface area contributed by atoms with Gasteiger partial charge in [-0.2, -0.15) is 13.2 Å². The predicted molar refractivity (Wildman–Crippen MR) is 114 cm³/mol. The van der Waals surface area contributed by atoms with Crippen LogP contribution in [0.25, 0.3) is 0 Å². The second-order valence-corrected chi connectivity index (χ2v) is 6.81. The van der Waals surface area contributed by atoms with E-state index in [-0.39, 0.29) is 5.70 Å². The first-order chi connectivity index (χ1) is 14.2. The van der Waals surface area contributed by atoms with Gasteiger partial charge in [-0.15, -0.1) is 0 Å². The molecule has 0 fully saturated rings. The van der Waals surface area contributed by atoms with Crippen LogP contribution in [0.2, 0.25) is 0 Å². The molecule has 0 aliphatic heterocycles. The zero-order valence-electron chi connectivity index (χ0n) is 17.6. The summed E-state index contributed by atoms with van der Waals surface area (Å²) in [6.07, 6.45) is -3.03. The van der Waals surface area contributed by atoms with Crippen molar-refractivity contribution in [1.29, 1.82) is 0 Å². The molecule has 7 heteroatoms. The van der Waals surface area contributed by atoms with E-state index < -0.39 is 17.6 Å². The Bertz CT molecular complexity index is 945. The molecular formula is C23H26F3N3O. The number of nitrogens with one attached hydrogen (secondary N) is 1. The quantitative estimate of drug-likeness (QED) is 0.316. The van der Waals surface area contributed by atoms with Gasteiger partial charge < -0.3 is 10.1 Å². The third kappa shape index (κ3) is 6.20. The smallest absolute Gasteiger partial charge is 0.423 e. The normalized spacial score (nSPS) is 13.0. The zero-order chi connectivity index (χ0) is 22.3. The molecule has 1 aromatic carbocycles. The van der Waals surface area contributed by atoms with Crippen molar-refractivity contribution in [3.63, 3.8) is 0 Å². The van der Waals surface area contributed by atoms with Gasteiger partial charge in [0, 0.05) is 17.1 Å². The molecule has 2 rings (SSSR count). The molecule has 2 aromatic rings. The summed E-state index contributed by atoms with van der Waals surface area (Å²) in [6.45, 7) is 9.09. The molecule has 1 heterocycles. The van der Waals surface area contributed by atoms with Gasteiger partial charge in [0.05, 0.1) is 18.5 Å². The summed E-state index contributed by atoms with van der Waals surface area (Å²) in [5, 5.41) is 2.69. The summed E-state index contributed by atoms with van der Waals surface area (Å²) in [6, 6.07) is 12.3. The highest BCUT2D eigenvalue weighted by atomic mass is 19.4. The molecule has 1 aromatic heterocycles. The lowest BCUT2D eigenvalue weighted by Crippen LogP contribution is -2.20. The van der Waals surface area contributed by atoms with Crippen molar-refractivity contribution in [2.24, 2.45) is 4.99 Å². The van der Waals surface area contributed by atoms with Crippen LogP contribution in [0.15, 0.2) is 71.2 Å². The molecule has 4 nitrogen and oxygen atoms in total. The van der Waals surface area contributed by atoms with Gasteiger partial charge in [-0.25, -0.2) is 4.99 Å². The Hall–Kier alpha value is -3.09. The Kier molecular flexibility index (Phi) is 7.80. The van der Waals surface area contributed by atoms with Crippen LogP contribution in [0, 0.1) is 6.92 Å². The van der Waals surface area contributed by atoms with Crippen LogP contribution in [-0.2, 0) is 11.2 Å². The largest absolute Gasteiger partial charge is 0.480 e. The van der Waals surface area contributed by atoms with Crippen molar-refractivity contribution in [3.05, 3.63) is 83.1 Å². The minimum atomic E-state index is -4.72. The second-order valence-electron chi connectivity index (χ2n) is 6.81. The summed E-state index contributed by atoms with van der Waals surface area (Å²) < 4.78 is 46.6. The van der Waals surface area contributed by atoms with E-state index >= 15 is 0 Å². The number of ether oxygens (including phenoxy) is 1. The number of aliphatic imine (C=N–C) groups is 1. The van der Waals surface area contributed by atoms with Crippen molar-refractivity contribution >= 4 is 11.4 Å². The molecule has 0 unspecified atom stereocenters. The van der Waals surface area contributed by atoms with Crippen molar-refractivity contribution in [1.82, 2.24) is 4.98 Å². The molecule has 0 spiro atoms. The monoisotopic (exact) mass is 417 g/mol. The van der Waals surface area contributed by atoms with Gasteiger partial charge in [-0.3, -0.25) is 4.98 Å². The number of anilines is 1. The third-order valence-corrected chi connectivity index (χ3v) is 4.29. The number of rotatable bonds is 8. The van der Waals surface area contributed by atoms with Gasteiger partial charge in [0.2, 0.25) is 5.88 Å². The van der Waals surface area contributed by atoms with Crippen LogP contribution >= 0.6 is 0 Å². The van der Waals surface area contributed by atoms with Crippen molar-refractivity contribution < 1.29 is 17.9 Å². The van der Waals surface area contributed by atoms with E-state index in [0.29, 0.717) is 17.1 Å². The molecule has 1 N–H and O–H groups in total. The van der Waals surface area contributed by atoms with Gasteiger partial charge in [-0.1, -0.05) is 43.7 Å². The fraction of sp³-hybridized carbons (Fsp3) is 0.304. The molecule has 30 heavy (non-hydrogen) atoms. The summed E-state index contributed by atoms with van der Waals surface area (Å²) in [4.78, 5) is 8.56. The fourth-order valence-electron chi connectivity index (χ4n) is 2.78. The number of aromatic nitrogens is 1. The number of pyridine rings is 1. The van der Waals surface area contributed by atoms with Crippen LogP contribution in [0.1, 0.15) is 37.2 Å². The maximum absolute atomic E-state index is 13.9. The third-order valence-electron chi connectivity index (χ3n) is 4.29. The highest BCUT2D eigenvalue weighted by molar-refractivity contribution is 5.97. The van der Waals surface area contributed by atoms with E-state index in [1.165, 1.54) is 0 Å². The van der Waals surface area contributed by atoms with Crippen LogP contribution < -0.4 is 5.32 Å². The van der Waals surface area contributed by atoms with Gasteiger partial charge >= 0.3 is 6.18 Å². The Morgan fingerprint density at radius 3 is 2.40 bits per heavy atom. The summed E-state index contributed by atoms with van der Waals surface area (Å²) in [7, 11) is 1.15. The van der Waals surface area contributed by atoms with Gasteiger partial charge in [0.1, 0.15) is 5.57 Å². The zero-order valence-corrected chi connectivity index (χ0v) is 17.6. The summed E-state index contributed by atoms with van der Waals surface area (Å²) in [5.41, 5.74) is 1.71. The summed E-state index contributed by atoms with van der Waals surface area (Å²) >= 11 is 0. The number of hydrogen-bond donors (Lipinski definition) is 1. The standard InChI is InChI=1S/C23H26F3N3O/c1-6-8-18-9-7-10-20(29-18)16(3)28-22(30-5)21(23(24,25)26)17(4)27-19-13-11-15(2)12-14-19/h7,9-14,27H,4,6,8H2,1-3,5H3/b22-21-,28-16+. The van der Waals surface area contributed by atoms with Gasteiger partial charge in [-0.05, 0) is 44.5 Å². The number of nitrogens with zero attached hydrogens (tertiary/aromatic N) is 2. The van der Waals surface area contributed by atoms with Gasteiger partial charge in [0.25, 0.3) is 0 Å². The topological polar surface area (TPSA) is 46.5 Å². The lowest BCUT2D eigenvalue weighted by molar-refractivity contribution is -0.0923. The van der Waals surface area contributed by atoms with E-state index in [0.717, 1.165) is 31.2 Å². The number of methoxy groups -OCH3 is 1. The SMILES string of the molecule is C=C(Nc1ccc(C)cc1)/C(=C(\N=C(/C)c1cccc(CCC)n1)OC)C(F)(F)F. The molecule has 0 atom stereocenters. The average molecular weight is 417 g/mol. The number of alkyl halides is 3. The van der Waals surface area contributed by atoms with E-state index in [2.05, 4.69) is 21.9 Å². The molecule has 0 radical (unpaired) electrons. The summed E-state index contributed by atoms with van der Waals surface area (Å²) in [5.74, 6) is -0.577. The highest BCUT2D eigenvalue weighted by Gasteiger charge is 2.40. The van der Waals surface area contributed by atoms with E-state index in [9.17, 15) is 13.2 Å². The molecule has 0 aliphatic rings. The first kappa shape index (κ1) is 23.2. The van der Waals surface area contributed by atoms with Gasteiger partial charge in [0.15, 0.2) is 0 Å². The number of aryl methyl sites for hydroxylation is 2. The lowest BCUT2D eigenvalue weighted by Gasteiger charge is -2.18. The first-order valence-electron chi connectivity index (χ1n) is 9.55. The minimum absolute atomic E-state index is 0.315. The second kappa shape index (κ2) is 10.1. The molecule has 160 valence electrons. The molecule has 0 aliphatic carbocycles. The Balaban J connectivity index is 2.45.